The van der Waals surface area contributed by atoms with Crippen LogP contribution in [0, 0.1) is 0 Å². The van der Waals surface area contributed by atoms with E-state index in [4.69, 9.17) is 4.74 Å². The Morgan fingerprint density at radius 3 is 2.58 bits per heavy atom. The Kier molecular flexibility index (Phi) is 4.87. The minimum absolute atomic E-state index is 0.508. The molecule has 0 spiro atoms. The normalized spacial score (nSPS) is 10.9. The maximum absolute atomic E-state index is 5.14. The van der Waals surface area contributed by atoms with Crippen molar-refractivity contribution in [1.29, 1.82) is 0 Å². The first-order chi connectivity index (χ1) is 9.19. The Labute approximate surface area is 117 Å². The van der Waals surface area contributed by atoms with Crippen LogP contribution in [-0.2, 0) is 6.42 Å². The Bertz CT molecular complexity index is 508. The van der Waals surface area contributed by atoms with Crippen molar-refractivity contribution in [3.8, 4) is 16.3 Å². The minimum Gasteiger partial charge on any atom is -0.497 e. The molecule has 2 rings (SSSR count). The van der Waals surface area contributed by atoms with E-state index in [-0.39, 0.29) is 0 Å². The summed E-state index contributed by atoms with van der Waals surface area (Å²) >= 11 is 1.65. The Morgan fingerprint density at radius 1 is 1.21 bits per heavy atom. The van der Waals surface area contributed by atoms with Crippen LogP contribution in [0.25, 0.3) is 10.6 Å². The largest absolute Gasteiger partial charge is 0.497 e. The van der Waals surface area contributed by atoms with Crippen molar-refractivity contribution >= 4 is 11.3 Å². The Morgan fingerprint density at radius 2 is 1.95 bits per heavy atom. The molecule has 0 atom stereocenters. The fourth-order valence-corrected chi connectivity index (χ4v) is 2.52. The molecule has 0 aliphatic rings. The SMILES string of the molecule is COc1ccc(-c2nnc(CCNC(C)C)s2)cc1. The number of hydrogen-bond acceptors (Lipinski definition) is 5. The molecule has 1 heterocycles. The summed E-state index contributed by atoms with van der Waals surface area (Å²) in [5.41, 5.74) is 1.08. The molecule has 0 amide bonds. The molecule has 0 aliphatic carbocycles. The van der Waals surface area contributed by atoms with E-state index in [1.54, 1.807) is 18.4 Å². The number of methoxy groups -OCH3 is 1. The molecule has 1 N–H and O–H groups in total. The van der Waals surface area contributed by atoms with Crippen LogP contribution in [0.15, 0.2) is 24.3 Å². The summed E-state index contributed by atoms with van der Waals surface area (Å²) in [7, 11) is 1.67. The zero-order valence-corrected chi connectivity index (χ0v) is 12.3. The van der Waals surface area contributed by atoms with Gasteiger partial charge in [0.05, 0.1) is 7.11 Å². The number of nitrogens with zero attached hydrogens (tertiary/aromatic N) is 2. The summed E-state index contributed by atoms with van der Waals surface area (Å²) in [6.45, 7) is 5.22. The maximum Gasteiger partial charge on any atom is 0.147 e. The van der Waals surface area contributed by atoms with E-state index in [2.05, 4.69) is 29.4 Å². The predicted octanol–water partition coefficient (Wildman–Crippen LogP) is 2.75. The monoisotopic (exact) mass is 277 g/mol. The molecule has 0 radical (unpaired) electrons. The molecule has 19 heavy (non-hydrogen) atoms. The predicted molar refractivity (Wildman–Crippen MR) is 78.7 cm³/mol. The van der Waals surface area contributed by atoms with E-state index in [0.29, 0.717) is 6.04 Å². The third-order valence-electron chi connectivity index (χ3n) is 2.70. The van der Waals surface area contributed by atoms with Crippen LogP contribution in [0.1, 0.15) is 18.9 Å². The molecule has 4 nitrogen and oxygen atoms in total. The number of rotatable bonds is 6. The number of nitrogens with one attached hydrogen (secondary N) is 1. The van der Waals surface area contributed by atoms with E-state index in [1.165, 1.54) is 0 Å². The van der Waals surface area contributed by atoms with Gasteiger partial charge < -0.3 is 10.1 Å². The van der Waals surface area contributed by atoms with Gasteiger partial charge in [0, 0.05) is 24.6 Å². The summed E-state index contributed by atoms with van der Waals surface area (Å²) in [4.78, 5) is 0. The first kappa shape index (κ1) is 14.0. The third kappa shape index (κ3) is 4.01. The number of aromatic nitrogens is 2. The molecule has 0 saturated carbocycles. The van der Waals surface area contributed by atoms with Crippen LogP contribution in [-0.4, -0.2) is 29.9 Å². The summed E-state index contributed by atoms with van der Waals surface area (Å²) in [6.07, 6.45) is 0.923. The second kappa shape index (κ2) is 6.63. The standard InChI is InChI=1S/C14H19N3OS/c1-10(2)15-9-8-13-16-17-14(19-13)11-4-6-12(18-3)7-5-11/h4-7,10,15H,8-9H2,1-3H3. The number of benzene rings is 1. The first-order valence-corrected chi connectivity index (χ1v) is 7.21. The highest BCUT2D eigenvalue weighted by Crippen LogP contribution is 2.25. The van der Waals surface area contributed by atoms with Gasteiger partial charge in [0.25, 0.3) is 0 Å². The highest BCUT2D eigenvalue weighted by molar-refractivity contribution is 7.14. The molecular formula is C14H19N3OS. The van der Waals surface area contributed by atoms with Crippen LogP contribution in [0.2, 0.25) is 0 Å². The summed E-state index contributed by atoms with van der Waals surface area (Å²) in [5, 5.41) is 13.9. The lowest BCUT2D eigenvalue weighted by molar-refractivity contribution is 0.415. The zero-order valence-electron chi connectivity index (χ0n) is 11.5. The van der Waals surface area contributed by atoms with Gasteiger partial charge >= 0.3 is 0 Å². The smallest absolute Gasteiger partial charge is 0.147 e. The van der Waals surface area contributed by atoms with Gasteiger partial charge in [0.15, 0.2) is 0 Å². The molecule has 1 aromatic carbocycles. The van der Waals surface area contributed by atoms with Gasteiger partial charge in [0.1, 0.15) is 15.8 Å². The average Bonchev–Trinajstić information content (AvgIpc) is 2.87. The van der Waals surface area contributed by atoms with Gasteiger partial charge in [-0.1, -0.05) is 25.2 Å². The maximum atomic E-state index is 5.14. The second-order valence-electron chi connectivity index (χ2n) is 4.59. The quantitative estimate of drug-likeness (QED) is 0.882. The molecule has 0 aliphatic heterocycles. The van der Waals surface area contributed by atoms with E-state index in [1.807, 2.05) is 24.3 Å². The zero-order chi connectivity index (χ0) is 13.7. The van der Waals surface area contributed by atoms with E-state index in [0.717, 1.165) is 34.3 Å². The molecular weight excluding hydrogens is 258 g/mol. The van der Waals surface area contributed by atoms with Crippen LogP contribution in [0.5, 0.6) is 5.75 Å². The minimum atomic E-state index is 0.508. The fraction of sp³-hybridized carbons (Fsp3) is 0.429. The number of hydrogen-bond donors (Lipinski definition) is 1. The van der Waals surface area contributed by atoms with Crippen LogP contribution in [0.4, 0.5) is 0 Å². The van der Waals surface area contributed by atoms with Crippen molar-refractivity contribution in [1.82, 2.24) is 15.5 Å². The molecule has 1 aromatic heterocycles. The van der Waals surface area contributed by atoms with Crippen LogP contribution >= 0.6 is 11.3 Å². The molecule has 102 valence electrons. The first-order valence-electron chi connectivity index (χ1n) is 6.39. The highest BCUT2D eigenvalue weighted by Gasteiger charge is 2.06. The van der Waals surface area contributed by atoms with Crippen molar-refractivity contribution < 1.29 is 4.74 Å². The average molecular weight is 277 g/mol. The van der Waals surface area contributed by atoms with Crippen molar-refractivity contribution in [2.45, 2.75) is 26.3 Å². The second-order valence-corrected chi connectivity index (χ2v) is 5.65. The fourth-order valence-electron chi connectivity index (χ4n) is 1.67. The molecule has 5 heteroatoms. The topological polar surface area (TPSA) is 47.0 Å². The number of ether oxygens (including phenoxy) is 1. The van der Waals surface area contributed by atoms with Crippen LogP contribution < -0.4 is 10.1 Å². The van der Waals surface area contributed by atoms with Crippen LogP contribution in [0.3, 0.4) is 0 Å². The van der Waals surface area contributed by atoms with E-state index >= 15 is 0 Å². The van der Waals surface area contributed by atoms with Gasteiger partial charge in [0.2, 0.25) is 0 Å². The van der Waals surface area contributed by atoms with Gasteiger partial charge in [-0.25, -0.2) is 0 Å². The Hall–Kier alpha value is -1.46. The van der Waals surface area contributed by atoms with Gasteiger partial charge in [-0.2, -0.15) is 0 Å². The molecule has 0 unspecified atom stereocenters. The lowest BCUT2D eigenvalue weighted by Crippen LogP contribution is -2.24. The molecule has 0 bridgehead atoms. The molecule has 0 saturated heterocycles. The highest BCUT2D eigenvalue weighted by atomic mass is 32.1. The van der Waals surface area contributed by atoms with Crippen molar-refractivity contribution in [2.75, 3.05) is 13.7 Å². The summed E-state index contributed by atoms with van der Waals surface area (Å²) in [6, 6.07) is 8.41. The van der Waals surface area contributed by atoms with E-state index in [9.17, 15) is 0 Å². The van der Waals surface area contributed by atoms with Gasteiger partial charge in [-0.05, 0) is 24.3 Å². The summed E-state index contributed by atoms with van der Waals surface area (Å²) < 4.78 is 5.14. The van der Waals surface area contributed by atoms with E-state index < -0.39 is 0 Å². The van der Waals surface area contributed by atoms with Crippen molar-refractivity contribution in [3.63, 3.8) is 0 Å². The van der Waals surface area contributed by atoms with Gasteiger partial charge in [-0.3, -0.25) is 0 Å². The van der Waals surface area contributed by atoms with Gasteiger partial charge in [-0.15, -0.1) is 10.2 Å². The Balaban J connectivity index is 1.99. The summed E-state index contributed by atoms with van der Waals surface area (Å²) in [5.74, 6) is 0.856. The van der Waals surface area contributed by atoms with Crippen molar-refractivity contribution in [2.24, 2.45) is 0 Å². The lowest BCUT2D eigenvalue weighted by Gasteiger charge is -2.05. The lowest BCUT2D eigenvalue weighted by atomic mass is 10.2. The molecule has 0 fully saturated rings. The van der Waals surface area contributed by atoms with Crippen molar-refractivity contribution in [3.05, 3.63) is 29.3 Å². The molecule has 2 aromatic rings. The third-order valence-corrected chi connectivity index (χ3v) is 3.73.